The van der Waals surface area contributed by atoms with Crippen LogP contribution >= 0.6 is 11.6 Å². The number of hydrogen-bond acceptors (Lipinski definition) is 2. The third-order valence-electron chi connectivity index (χ3n) is 3.07. The van der Waals surface area contributed by atoms with Crippen LogP contribution in [0.15, 0.2) is 79.1 Å². The summed E-state index contributed by atoms with van der Waals surface area (Å²) in [7, 11) is 0. The molecule has 0 saturated heterocycles. The highest BCUT2D eigenvalue weighted by Gasteiger charge is 2.01. The van der Waals surface area contributed by atoms with Crippen LogP contribution in [0.5, 0.6) is 0 Å². The number of para-hydroxylation sites is 1. The topological polar surface area (TPSA) is 25.8 Å². The maximum Gasteiger partial charge on any atom is 0.0724 e. The van der Waals surface area contributed by atoms with E-state index < -0.39 is 0 Å². The molecule has 0 spiro atoms. The van der Waals surface area contributed by atoms with Crippen molar-refractivity contribution in [1.82, 2.24) is 9.97 Å². The van der Waals surface area contributed by atoms with Crippen molar-refractivity contribution in [2.45, 2.75) is 0 Å². The van der Waals surface area contributed by atoms with Gasteiger partial charge in [-0.3, -0.25) is 4.98 Å². The maximum absolute atomic E-state index is 6.12. The van der Waals surface area contributed by atoms with Crippen LogP contribution < -0.4 is 0 Å². The van der Waals surface area contributed by atoms with Gasteiger partial charge < -0.3 is 0 Å². The lowest BCUT2D eigenvalue weighted by Gasteiger charge is -2.02. The minimum Gasteiger partial charge on any atom is -0.265 e. The quantitative estimate of drug-likeness (QED) is 0.420. The summed E-state index contributed by atoms with van der Waals surface area (Å²) in [6.07, 6.45) is 3.50. The summed E-state index contributed by atoms with van der Waals surface area (Å²) >= 11 is 6.12. The molecule has 2 nitrogen and oxygen atoms in total. The van der Waals surface area contributed by atoms with Crippen molar-refractivity contribution in [2.24, 2.45) is 0 Å². The van der Waals surface area contributed by atoms with Gasteiger partial charge in [0.15, 0.2) is 0 Å². The number of halogens is 1. The van der Waals surface area contributed by atoms with Gasteiger partial charge >= 0.3 is 0 Å². The normalized spacial score (nSPS) is 10.1. The molecule has 4 aromatic rings. The molecule has 2 heterocycles. The molecule has 0 atom stereocenters. The van der Waals surface area contributed by atoms with Crippen LogP contribution in [0.4, 0.5) is 0 Å². The number of rotatable bonds is 0. The molecule has 0 radical (unpaired) electrons. The second-order valence-electron chi connectivity index (χ2n) is 4.51. The molecule has 0 aliphatic carbocycles. The van der Waals surface area contributed by atoms with Gasteiger partial charge in [-0.2, -0.15) is 0 Å². The SMILES string of the molecule is Clc1cccc2nc3ccccc3cc12.c1ccncc1. The van der Waals surface area contributed by atoms with Crippen molar-refractivity contribution >= 4 is 33.4 Å². The van der Waals surface area contributed by atoms with Crippen LogP contribution in [-0.2, 0) is 0 Å². The molecule has 0 aliphatic heterocycles. The summed E-state index contributed by atoms with van der Waals surface area (Å²) in [5, 5.41) is 2.89. The molecule has 2 aromatic carbocycles. The van der Waals surface area contributed by atoms with E-state index in [4.69, 9.17) is 11.6 Å². The Labute approximate surface area is 128 Å². The zero-order valence-electron chi connectivity index (χ0n) is 11.3. The maximum atomic E-state index is 6.12. The van der Waals surface area contributed by atoms with Gasteiger partial charge in [-0.25, -0.2) is 4.98 Å². The highest BCUT2D eigenvalue weighted by Crippen LogP contribution is 2.25. The Morgan fingerprint density at radius 1 is 0.714 bits per heavy atom. The van der Waals surface area contributed by atoms with Crippen molar-refractivity contribution in [3.8, 4) is 0 Å². The summed E-state index contributed by atoms with van der Waals surface area (Å²) in [6, 6.07) is 21.6. The van der Waals surface area contributed by atoms with Crippen molar-refractivity contribution in [2.75, 3.05) is 0 Å². The van der Waals surface area contributed by atoms with Gasteiger partial charge in [0.05, 0.1) is 11.0 Å². The van der Waals surface area contributed by atoms with Gasteiger partial charge in [-0.15, -0.1) is 0 Å². The van der Waals surface area contributed by atoms with Gasteiger partial charge in [0.25, 0.3) is 0 Å². The lowest BCUT2D eigenvalue weighted by atomic mass is 10.1. The summed E-state index contributed by atoms with van der Waals surface area (Å²) in [6.45, 7) is 0. The summed E-state index contributed by atoms with van der Waals surface area (Å²) in [4.78, 5) is 8.34. The Morgan fingerprint density at radius 2 is 1.48 bits per heavy atom. The lowest BCUT2D eigenvalue weighted by molar-refractivity contribution is 1.33. The van der Waals surface area contributed by atoms with E-state index in [0.717, 1.165) is 26.8 Å². The van der Waals surface area contributed by atoms with Crippen LogP contribution in [0.1, 0.15) is 0 Å². The molecule has 0 amide bonds. The number of benzene rings is 2. The minimum absolute atomic E-state index is 0.755. The number of hydrogen-bond donors (Lipinski definition) is 0. The van der Waals surface area contributed by atoms with Crippen molar-refractivity contribution in [3.05, 3.63) is 84.1 Å². The zero-order valence-corrected chi connectivity index (χ0v) is 12.0. The summed E-state index contributed by atoms with van der Waals surface area (Å²) < 4.78 is 0. The third-order valence-corrected chi connectivity index (χ3v) is 3.40. The fourth-order valence-corrected chi connectivity index (χ4v) is 2.30. The fourth-order valence-electron chi connectivity index (χ4n) is 2.08. The highest BCUT2D eigenvalue weighted by molar-refractivity contribution is 6.35. The number of nitrogens with zero attached hydrogens (tertiary/aromatic N) is 2. The predicted octanol–water partition coefficient (Wildman–Crippen LogP) is 5.12. The molecule has 0 unspecified atom stereocenters. The summed E-state index contributed by atoms with van der Waals surface area (Å²) in [5.74, 6) is 0. The Kier molecular flexibility index (Phi) is 4.08. The van der Waals surface area contributed by atoms with Crippen molar-refractivity contribution in [3.63, 3.8) is 0 Å². The number of pyridine rings is 2. The first-order valence-electron chi connectivity index (χ1n) is 6.63. The number of aromatic nitrogens is 2. The van der Waals surface area contributed by atoms with Crippen LogP contribution in [0, 0.1) is 0 Å². The Hall–Kier alpha value is -2.45. The number of fused-ring (bicyclic) bond motifs is 2. The molecule has 21 heavy (non-hydrogen) atoms. The third kappa shape index (κ3) is 3.18. The Balaban J connectivity index is 0.000000186. The average molecular weight is 293 g/mol. The first-order valence-corrected chi connectivity index (χ1v) is 7.01. The first-order chi connectivity index (χ1) is 10.3. The van der Waals surface area contributed by atoms with Gasteiger partial charge in [0, 0.05) is 28.2 Å². The summed E-state index contributed by atoms with van der Waals surface area (Å²) in [5.41, 5.74) is 1.95. The smallest absolute Gasteiger partial charge is 0.0724 e. The first kappa shape index (κ1) is 13.5. The molecule has 102 valence electrons. The second kappa shape index (κ2) is 6.33. The van der Waals surface area contributed by atoms with E-state index in [0.29, 0.717) is 0 Å². The monoisotopic (exact) mass is 292 g/mol. The highest BCUT2D eigenvalue weighted by atomic mass is 35.5. The molecule has 0 saturated carbocycles. The minimum atomic E-state index is 0.755. The van der Waals surface area contributed by atoms with E-state index in [9.17, 15) is 0 Å². The van der Waals surface area contributed by atoms with E-state index >= 15 is 0 Å². The van der Waals surface area contributed by atoms with Gasteiger partial charge in [0.1, 0.15) is 0 Å². The van der Waals surface area contributed by atoms with Crippen LogP contribution in [0.3, 0.4) is 0 Å². The molecule has 0 fully saturated rings. The van der Waals surface area contributed by atoms with E-state index in [1.165, 1.54) is 0 Å². The largest absolute Gasteiger partial charge is 0.265 e. The molecule has 0 bridgehead atoms. The van der Waals surface area contributed by atoms with E-state index in [2.05, 4.69) is 16.0 Å². The van der Waals surface area contributed by atoms with E-state index in [-0.39, 0.29) is 0 Å². The average Bonchev–Trinajstić information content (AvgIpc) is 2.56. The fraction of sp³-hybridized carbons (Fsp3) is 0. The second-order valence-corrected chi connectivity index (χ2v) is 4.92. The molecule has 2 aromatic heterocycles. The molecule has 4 rings (SSSR count). The zero-order chi connectivity index (χ0) is 14.5. The van der Waals surface area contributed by atoms with Gasteiger partial charge in [0.2, 0.25) is 0 Å². The van der Waals surface area contributed by atoms with Crippen LogP contribution in [0.25, 0.3) is 21.8 Å². The molecular formula is C18H13ClN2. The standard InChI is InChI=1S/C13H8ClN.C5H5N/c14-11-5-3-7-13-10(11)8-9-4-1-2-6-12(9)15-13;1-2-4-6-5-3-1/h1-8H;1-5H. The van der Waals surface area contributed by atoms with Crippen LogP contribution in [-0.4, -0.2) is 9.97 Å². The van der Waals surface area contributed by atoms with Crippen LogP contribution in [0.2, 0.25) is 5.02 Å². The molecule has 0 aliphatic rings. The van der Waals surface area contributed by atoms with Gasteiger partial charge in [-0.1, -0.05) is 41.9 Å². The molecular weight excluding hydrogens is 280 g/mol. The van der Waals surface area contributed by atoms with E-state index in [1.807, 2.05) is 60.7 Å². The molecule has 0 N–H and O–H groups in total. The van der Waals surface area contributed by atoms with Crippen molar-refractivity contribution < 1.29 is 0 Å². The van der Waals surface area contributed by atoms with Gasteiger partial charge in [-0.05, 0) is 36.4 Å². The van der Waals surface area contributed by atoms with Crippen molar-refractivity contribution in [1.29, 1.82) is 0 Å². The Morgan fingerprint density at radius 3 is 2.19 bits per heavy atom. The Bertz CT molecular complexity index is 834. The van der Waals surface area contributed by atoms with E-state index in [1.54, 1.807) is 12.4 Å². The molecule has 3 heteroatoms. The predicted molar refractivity (Wildman–Crippen MR) is 88.5 cm³/mol. The lowest BCUT2D eigenvalue weighted by Crippen LogP contribution is -1.82.